The smallest absolute Gasteiger partial charge is 0.262 e. The summed E-state index contributed by atoms with van der Waals surface area (Å²) in [6.07, 6.45) is 3.76. The van der Waals surface area contributed by atoms with Gasteiger partial charge in [-0.1, -0.05) is 37.0 Å². The van der Waals surface area contributed by atoms with Crippen molar-refractivity contribution in [1.82, 2.24) is 10.7 Å². The van der Waals surface area contributed by atoms with Gasteiger partial charge in [-0.15, -0.1) is 0 Å². The Hall–Kier alpha value is -2.51. The topological polar surface area (TPSA) is 86.9 Å². The van der Waals surface area contributed by atoms with E-state index in [2.05, 4.69) is 20.7 Å². The summed E-state index contributed by atoms with van der Waals surface area (Å²) in [6.45, 7) is 5.63. The normalized spacial score (nSPS) is 15.0. The molecular weight excluding hydrogens is 427 g/mol. The van der Waals surface area contributed by atoms with Gasteiger partial charge in [-0.3, -0.25) is 9.59 Å². The molecule has 1 saturated heterocycles. The number of nitrogens with zero attached hydrogens (tertiary/aromatic N) is 2. The highest BCUT2D eigenvalue weighted by Crippen LogP contribution is 2.23. The molecule has 1 aliphatic heterocycles. The number of carbonyl (C=O) groups excluding carboxylic acids is 2. The van der Waals surface area contributed by atoms with Gasteiger partial charge in [0.25, 0.3) is 11.8 Å². The molecule has 2 N–H and O–H groups in total. The maximum absolute atomic E-state index is 12.6. The van der Waals surface area contributed by atoms with E-state index in [1.54, 1.807) is 12.1 Å². The van der Waals surface area contributed by atoms with Crippen LogP contribution in [-0.2, 0) is 4.79 Å². The van der Waals surface area contributed by atoms with Crippen molar-refractivity contribution in [2.75, 3.05) is 18.0 Å². The fraction of sp³-hybridized carbons (Fsp3) is 0.381. The highest BCUT2D eigenvalue weighted by atomic mass is 35.5. The molecule has 0 spiro atoms. The minimum absolute atomic E-state index is 0.155. The highest BCUT2D eigenvalue weighted by molar-refractivity contribution is 6.42. The lowest BCUT2D eigenvalue weighted by atomic mass is 10.0. The first-order valence-corrected chi connectivity index (χ1v) is 10.5. The van der Waals surface area contributed by atoms with E-state index in [0.717, 1.165) is 31.8 Å². The van der Waals surface area contributed by atoms with E-state index in [0.29, 0.717) is 16.3 Å². The minimum Gasteiger partial charge on any atom is -0.440 e. The third kappa shape index (κ3) is 5.55. The first kappa shape index (κ1) is 22.2. The number of nitrogens with one attached hydrogen (secondary N) is 2. The fourth-order valence-corrected chi connectivity index (χ4v) is 3.44. The van der Waals surface area contributed by atoms with Gasteiger partial charge in [0.1, 0.15) is 11.8 Å². The summed E-state index contributed by atoms with van der Waals surface area (Å²) in [7, 11) is 0. The summed E-state index contributed by atoms with van der Waals surface area (Å²) < 4.78 is 5.73. The summed E-state index contributed by atoms with van der Waals surface area (Å²) in [6, 6.07) is 7.46. The first-order chi connectivity index (χ1) is 14.3. The summed E-state index contributed by atoms with van der Waals surface area (Å²) in [5.41, 5.74) is 2.78. The SMILES string of the molecule is CC(C)C(NC(=O)c1ccc(Cl)c(Cl)c1)C(=O)NN=Cc1ccc(N2CCCC2)o1. The summed E-state index contributed by atoms with van der Waals surface area (Å²) in [5, 5.41) is 7.30. The van der Waals surface area contributed by atoms with Crippen molar-refractivity contribution in [2.45, 2.75) is 32.7 Å². The minimum atomic E-state index is -0.777. The number of benzene rings is 1. The molecule has 1 aromatic carbocycles. The molecule has 30 heavy (non-hydrogen) atoms. The zero-order chi connectivity index (χ0) is 21.7. The van der Waals surface area contributed by atoms with Crippen molar-refractivity contribution in [3.05, 3.63) is 51.7 Å². The fourth-order valence-electron chi connectivity index (χ4n) is 3.15. The second-order valence-electron chi connectivity index (χ2n) is 7.43. The quantitative estimate of drug-likeness (QED) is 0.491. The van der Waals surface area contributed by atoms with Crippen molar-refractivity contribution < 1.29 is 14.0 Å². The van der Waals surface area contributed by atoms with E-state index in [-0.39, 0.29) is 10.9 Å². The molecule has 1 fully saturated rings. The van der Waals surface area contributed by atoms with Gasteiger partial charge in [0.15, 0.2) is 5.88 Å². The van der Waals surface area contributed by atoms with Crippen LogP contribution in [0, 0.1) is 5.92 Å². The molecular formula is C21H24Cl2N4O3. The second-order valence-corrected chi connectivity index (χ2v) is 8.24. The van der Waals surface area contributed by atoms with E-state index >= 15 is 0 Å². The van der Waals surface area contributed by atoms with Gasteiger partial charge in [0.05, 0.1) is 16.3 Å². The molecule has 1 unspecified atom stereocenters. The number of anilines is 1. The van der Waals surface area contributed by atoms with Crippen molar-refractivity contribution in [3.63, 3.8) is 0 Å². The molecule has 0 aliphatic carbocycles. The summed E-state index contributed by atoms with van der Waals surface area (Å²) in [4.78, 5) is 27.2. The molecule has 2 heterocycles. The van der Waals surface area contributed by atoms with E-state index in [1.165, 1.54) is 18.3 Å². The molecule has 1 atom stereocenters. The molecule has 2 amide bonds. The third-order valence-corrected chi connectivity index (χ3v) is 5.55. The number of amides is 2. The van der Waals surface area contributed by atoms with E-state index in [9.17, 15) is 9.59 Å². The van der Waals surface area contributed by atoms with E-state index in [1.807, 2.05) is 19.9 Å². The van der Waals surface area contributed by atoms with Crippen LogP contribution in [0.25, 0.3) is 0 Å². The standard InChI is InChI=1S/C21H24Cl2N4O3/c1-13(2)19(25-20(28)14-5-7-16(22)17(23)11-14)21(29)26-24-12-15-6-8-18(30-15)27-9-3-4-10-27/h5-8,11-13,19H,3-4,9-10H2,1-2H3,(H,25,28)(H,26,29). The average Bonchev–Trinajstić information content (AvgIpc) is 3.39. The first-order valence-electron chi connectivity index (χ1n) is 9.79. The lowest BCUT2D eigenvalue weighted by Gasteiger charge is -2.20. The monoisotopic (exact) mass is 450 g/mol. The molecule has 1 aromatic heterocycles. The number of halogens is 2. The van der Waals surface area contributed by atoms with Crippen LogP contribution in [0.15, 0.2) is 39.9 Å². The molecule has 0 bridgehead atoms. The van der Waals surface area contributed by atoms with E-state index < -0.39 is 17.9 Å². The zero-order valence-electron chi connectivity index (χ0n) is 16.8. The number of carbonyl (C=O) groups is 2. The number of hydrazone groups is 1. The lowest BCUT2D eigenvalue weighted by molar-refractivity contribution is -0.123. The Morgan fingerprint density at radius 3 is 2.53 bits per heavy atom. The van der Waals surface area contributed by atoms with Gasteiger partial charge in [-0.25, -0.2) is 5.43 Å². The van der Waals surface area contributed by atoms with Gasteiger partial charge in [-0.05, 0) is 43.0 Å². The van der Waals surface area contributed by atoms with Crippen LogP contribution in [0.3, 0.4) is 0 Å². The van der Waals surface area contributed by atoms with Gasteiger partial charge >= 0.3 is 0 Å². The van der Waals surface area contributed by atoms with Gasteiger partial charge in [-0.2, -0.15) is 5.10 Å². The molecule has 9 heteroatoms. The zero-order valence-corrected chi connectivity index (χ0v) is 18.3. The van der Waals surface area contributed by atoms with Crippen LogP contribution in [0.1, 0.15) is 42.8 Å². The predicted octanol–water partition coefficient (Wildman–Crippen LogP) is 4.09. The molecule has 160 valence electrons. The maximum atomic E-state index is 12.6. The Kier molecular flexibility index (Phi) is 7.39. The van der Waals surface area contributed by atoms with Crippen LogP contribution in [0.2, 0.25) is 10.0 Å². The number of hydrogen-bond acceptors (Lipinski definition) is 5. The Bertz CT molecular complexity index is 936. The highest BCUT2D eigenvalue weighted by Gasteiger charge is 2.25. The van der Waals surface area contributed by atoms with Crippen LogP contribution >= 0.6 is 23.2 Å². The number of furan rings is 1. The Morgan fingerprint density at radius 2 is 1.87 bits per heavy atom. The molecule has 0 saturated carbocycles. The third-order valence-electron chi connectivity index (χ3n) is 4.81. The van der Waals surface area contributed by atoms with Crippen LogP contribution in [-0.4, -0.2) is 37.2 Å². The molecule has 0 radical (unpaired) electrons. The summed E-state index contributed by atoms with van der Waals surface area (Å²) in [5.74, 6) is 0.332. The van der Waals surface area contributed by atoms with E-state index in [4.69, 9.17) is 27.6 Å². The number of rotatable bonds is 7. The largest absolute Gasteiger partial charge is 0.440 e. The maximum Gasteiger partial charge on any atom is 0.262 e. The van der Waals surface area contributed by atoms with Gasteiger partial charge in [0, 0.05) is 24.7 Å². The molecule has 2 aromatic rings. The van der Waals surface area contributed by atoms with Crippen molar-refractivity contribution in [1.29, 1.82) is 0 Å². The Morgan fingerprint density at radius 1 is 1.13 bits per heavy atom. The summed E-state index contributed by atoms with van der Waals surface area (Å²) >= 11 is 11.9. The van der Waals surface area contributed by atoms with Gasteiger partial charge in [0.2, 0.25) is 0 Å². The van der Waals surface area contributed by atoms with Gasteiger partial charge < -0.3 is 14.6 Å². The Balaban J connectivity index is 1.59. The van der Waals surface area contributed by atoms with Crippen LogP contribution in [0.5, 0.6) is 0 Å². The molecule has 3 rings (SSSR count). The average molecular weight is 451 g/mol. The molecule has 1 aliphatic rings. The Labute approximate surface area is 185 Å². The lowest BCUT2D eigenvalue weighted by Crippen LogP contribution is -2.48. The second kappa shape index (κ2) is 10.00. The number of hydrogen-bond donors (Lipinski definition) is 2. The van der Waals surface area contributed by atoms with Crippen molar-refractivity contribution in [2.24, 2.45) is 11.0 Å². The van der Waals surface area contributed by atoms with Crippen LogP contribution in [0.4, 0.5) is 5.88 Å². The molecule has 7 nitrogen and oxygen atoms in total. The predicted molar refractivity (Wildman–Crippen MR) is 118 cm³/mol. The van der Waals surface area contributed by atoms with Crippen molar-refractivity contribution in [3.8, 4) is 0 Å². The van der Waals surface area contributed by atoms with Crippen LogP contribution < -0.4 is 15.6 Å². The van der Waals surface area contributed by atoms with Crippen molar-refractivity contribution >= 4 is 47.1 Å².